The van der Waals surface area contributed by atoms with Crippen LogP contribution in [0.4, 0.5) is 0 Å². The summed E-state index contributed by atoms with van der Waals surface area (Å²) in [7, 11) is 0. The van der Waals surface area contributed by atoms with Crippen LogP contribution in [0.15, 0.2) is 60.8 Å². The molecule has 2 aromatic carbocycles. The highest BCUT2D eigenvalue weighted by Crippen LogP contribution is 2.20. The predicted molar refractivity (Wildman–Crippen MR) is 269 cm³/mol. The monoisotopic (exact) mass is 1020 g/mol. The number of carboxylic acid groups (broad SMARTS) is 3. The third-order valence-corrected chi connectivity index (χ3v) is 12.6. The summed E-state index contributed by atoms with van der Waals surface area (Å²) in [6, 6.07) is 5.26. The van der Waals surface area contributed by atoms with E-state index < -0.39 is 132 Å². The maximum absolute atomic E-state index is 14.3. The minimum Gasteiger partial charge on any atom is -0.481 e. The molecule has 0 saturated heterocycles. The summed E-state index contributed by atoms with van der Waals surface area (Å²) in [5, 5.41) is 47.6. The Morgan fingerprint density at radius 3 is 1.59 bits per heavy atom. The number of nitrogens with one attached hydrogen (secondary N) is 8. The number of hydrogen-bond donors (Lipinski definition) is 12. The fourth-order valence-electron chi connectivity index (χ4n) is 7.82. The number of aromatic amines is 1. The maximum atomic E-state index is 14.3. The quantitative estimate of drug-likeness (QED) is 0.0436. The van der Waals surface area contributed by atoms with E-state index in [1.54, 1.807) is 84.1 Å². The van der Waals surface area contributed by atoms with Crippen LogP contribution in [0.3, 0.4) is 0 Å². The zero-order chi connectivity index (χ0) is 54.5. The van der Waals surface area contributed by atoms with Crippen molar-refractivity contribution in [3.05, 3.63) is 71.9 Å². The lowest BCUT2D eigenvalue weighted by Gasteiger charge is -2.29. The third kappa shape index (κ3) is 19.3. The number of benzene rings is 2. The molecule has 0 saturated carbocycles. The molecule has 1 heterocycles. The number of aromatic nitrogens is 1. The third-order valence-electron chi connectivity index (χ3n) is 12.6. The number of amides is 7. The SMILES string of the molecule is CC[C@H](C)[C@H](NC(=O)[C@H](C)NC(=O)[C@H](CCC(=O)O)NC(=O)[C@H](CC(C)C)NC(=O)[C@H](Cc1ccccc1)NC(=O)[C@@H](NC(=O)[C@@H](N)CCC(=O)O)[C@@H](C)CC)C(=O)N[C@@H](Cc1c[nH]c2ccccc12)C(=O)O. The number of rotatable bonds is 31. The molecule has 0 unspecified atom stereocenters. The first kappa shape index (κ1) is 59.9. The van der Waals surface area contributed by atoms with E-state index >= 15 is 0 Å². The van der Waals surface area contributed by atoms with Crippen molar-refractivity contribution in [1.82, 2.24) is 42.2 Å². The van der Waals surface area contributed by atoms with E-state index in [9.17, 15) is 58.2 Å². The van der Waals surface area contributed by atoms with Crippen molar-refractivity contribution in [1.29, 1.82) is 0 Å². The highest BCUT2D eigenvalue weighted by Gasteiger charge is 2.36. The van der Waals surface area contributed by atoms with Crippen molar-refractivity contribution in [3.8, 4) is 0 Å². The average molecular weight is 1020 g/mol. The molecule has 1 aromatic heterocycles. The van der Waals surface area contributed by atoms with Gasteiger partial charge in [-0.1, -0.05) is 103 Å². The van der Waals surface area contributed by atoms with Gasteiger partial charge in [-0.25, -0.2) is 4.79 Å². The number of aliphatic carboxylic acids is 3. The molecule has 0 fully saturated rings. The second-order valence-corrected chi connectivity index (χ2v) is 18.9. The van der Waals surface area contributed by atoms with Gasteiger partial charge in [0.2, 0.25) is 41.4 Å². The molecule has 22 nitrogen and oxygen atoms in total. The topological polar surface area (TPSA) is 357 Å². The first-order valence-corrected chi connectivity index (χ1v) is 24.6. The molecule has 13 N–H and O–H groups in total. The predicted octanol–water partition coefficient (Wildman–Crippen LogP) is 1.65. The van der Waals surface area contributed by atoms with Crippen LogP contribution in [0.25, 0.3) is 10.9 Å². The smallest absolute Gasteiger partial charge is 0.326 e. The normalized spacial score (nSPS) is 15.4. The van der Waals surface area contributed by atoms with Gasteiger partial charge in [0.15, 0.2) is 0 Å². The van der Waals surface area contributed by atoms with Crippen molar-refractivity contribution in [2.24, 2.45) is 23.5 Å². The Hall–Kier alpha value is -7.36. The fraction of sp³-hybridized carbons (Fsp3) is 0.529. The lowest BCUT2D eigenvalue weighted by molar-refractivity contribution is -0.142. The van der Waals surface area contributed by atoms with Gasteiger partial charge in [-0.2, -0.15) is 0 Å². The van der Waals surface area contributed by atoms with Crippen LogP contribution in [-0.4, -0.2) is 128 Å². The number of H-pyrrole nitrogens is 1. The zero-order valence-electron chi connectivity index (χ0n) is 42.5. The van der Waals surface area contributed by atoms with Gasteiger partial charge in [0.1, 0.15) is 42.3 Å². The summed E-state index contributed by atoms with van der Waals surface area (Å²) in [6.45, 7) is 11.8. The van der Waals surface area contributed by atoms with Gasteiger partial charge >= 0.3 is 17.9 Å². The first-order chi connectivity index (χ1) is 34.4. The number of carboxylic acids is 3. The van der Waals surface area contributed by atoms with E-state index in [0.717, 1.165) is 10.9 Å². The molecular weight excluding hydrogens is 947 g/mol. The Kier molecular flexibility index (Phi) is 24.0. The molecule has 0 aliphatic heterocycles. The molecular formula is C51H73N9O13. The fourth-order valence-corrected chi connectivity index (χ4v) is 7.82. The number of carbonyl (C=O) groups excluding carboxylic acids is 7. The van der Waals surface area contributed by atoms with E-state index in [1.807, 2.05) is 18.2 Å². The maximum Gasteiger partial charge on any atom is 0.326 e. The molecule has 0 aliphatic carbocycles. The number of para-hydroxylation sites is 1. The van der Waals surface area contributed by atoms with Crippen LogP contribution in [0.1, 0.15) is 105 Å². The molecule has 10 atom stereocenters. The average Bonchev–Trinajstić information content (AvgIpc) is 3.76. The number of fused-ring (bicyclic) bond motifs is 1. The van der Waals surface area contributed by atoms with E-state index in [4.69, 9.17) is 10.8 Å². The van der Waals surface area contributed by atoms with Gasteiger partial charge in [0, 0.05) is 42.8 Å². The van der Waals surface area contributed by atoms with Crippen LogP contribution < -0.4 is 43.0 Å². The number of nitrogens with two attached hydrogens (primary N) is 1. The van der Waals surface area contributed by atoms with Crippen LogP contribution in [-0.2, 0) is 60.8 Å². The molecule has 3 aromatic rings. The van der Waals surface area contributed by atoms with Crippen LogP contribution >= 0.6 is 0 Å². The summed E-state index contributed by atoms with van der Waals surface area (Å²) in [4.78, 5) is 135. The number of hydrogen-bond acceptors (Lipinski definition) is 11. The van der Waals surface area contributed by atoms with E-state index in [2.05, 4.69) is 42.2 Å². The lowest BCUT2D eigenvalue weighted by atomic mass is 9.96. The van der Waals surface area contributed by atoms with Gasteiger partial charge < -0.3 is 63.3 Å². The molecule has 7 amide bonds. The van der Waals surface area contributed by atoms with Gasteiger partial charge in [-0.15, -0.1) is 0 Å². The van der Waals surface area contributed by atoms with Crippen molar-refractivity contribution in [2.45, 2.75) is 155 Å². The highest BCUT2D eigenvalue weighted by atomic mass is 16.4. The van der Waals surface area contributed by atoms with Crippen LogP contribution in [0.5, 0.6) is 0 Å². The van der Waals surface area contributed by atoms with Crippen LogP contribution in [0, 0.1) is 17.8 Å². The van der Waals surface area contributed by atoms with Gasteiger partial charge in [0.05, 0.1) is 6.04 Å². The van der Waals surface area contributed by atoms with E-state index in [-0.39, 0.29) is 38.0 Å². The van der Waals surface area contributed by atoms with Gasteiger partial charge in [-0.05, 0) is 61.1 Å². The van der Waals surface area contributed by atoms with Gasteiger partial charge in [-0.3, -0.25) is 43.2 Å². The zero-order valence-corrected chi connectivity index (χ0v) is 42.5. The molecule has 0 spiro atoms. The van der Waals surface area contributed by atoms with Crippen molar-refractivity contribution in [3.63, 3.8) is 0 Å². The Morgan fingerprint density at radius 2 is 1.03 bits per heavy atom. The Morgan fingerprint density at radius 1 is 0.534 bits per heavy atom. The molecule has 3 rings (SSSR count). The standard InChI is InChI=1S/C51H73N9O13/c1-8-28(5)42(50(71)58-39(51(72)73)25-32-26-53-35-18-14-13-17-33(32)35)59-44(65)30(7)54-46(67)36(20-22-41(63)64)55-47(68)37(23-27(3)4)56-48(69)38(24-31-15-11-10-12-16-31)57-49(70)43(29(6)9-2)60-45(66)34(52)19-21-40(61)62/h10-18,26-30,34,36-39,42-43,53H,8-9,19-25,52H2,1-7H3,(H,54,67)(H,55,68)(H,56,69)(H,57,70)(H,58,71)(H,59,65)(H,60,66)(H,61,62)(H,63,64)(H,72,73)/t28-,29-,30-,34-,36-,37-,38-,39-,42-,43-/m0/s1. The molecule has 73 heavy (non-hydrogen) atoms. The summed E-state index contributed by atoms with van der Waals surface area (Å²) >= 11 is 0. The minimum absolute atomic E-state index is 0.0129. The Bertz CT molecular complexity index is 2390. The first-order valence-electron chi connectivity index (χ1n) is 24.6. The highest BCUT2D eigenvalue weighted by molar-refractivity contribution is 5.98. The molecule has 0 radical (unpaired) electrons. The molecule has 22 heteroatoms. The summed E-state index contributed by atoms with van der Waals surface area (Å²) in [6.07, 6.45) is 0.736. The van der Waals surface area contributed by atoms with E-state index in [1.165, 1.54) is 6.92 Å². The largest absolute Gasteiger partial charge is 0.481 e. The Balaban J connectivity index is 1.82. The van der Waals surface area contributed by atoms with Crippen LogP contribution in [0.2, 0.25) is 0 Å². The lowest BCUT2D eigenvalue weighted by Crippen LogP contribution is -2.61. The van der Waals surface area contributed by atoms with Crippen molar-refractivity contribution >= 4 is 70.2 Å². The summed E-state index contributed by atoms with van der Waals surface area (Å²) in [5.74, 6) is -10.8. The second-order valence-electron chi connectivity index (χ2n) is 18.9. The molecule has 400 valence electrons. The molecule has 0 aliphatic rings. The minimum atomic E-state index is -1.55. The van der Waals surface area contributed by atoms with Gasteiger partial charge in [0.25, 0.3) is 0 Å². The molecule has 0 bridgehead atoms. The summed E-state index contributed by atoms with van der Waals surface area (Å²) in [5.41, 5.74) is 7.99. The second kappa shape index (κ2) is 29.2. The summed E-state index contributed by atoms with van der Waals surface area (Å²) < 4.78 is 0. The van der Waals surface area contributed by atoms with E-state index in [0.29, 0.717) is 24.0 Å². The number of carbonyl (C=O) groups is 10. The van der Waals surface area contributed by atoms with Crippen molar-refractivity contribution in [2.75, 3.05) is 0 Å². The Labute approximate surface area is 424 Å². The van der Waals surface area contributed by atoms with Crippen molar-refractivity contribution < 1.29 is 63.3 Å².